The fourth-order valence-corrected chi connectivity index (χ4v) is 1.09. The van der Waals surface area contributed by atoms with Gasteiger partial charge in [0.1, 0.15) is 5.82 Å². The molecule has 0 radical (unpaired) electrons. The lowest BCUT2D eigenvalue weighted by Gasteiger charge is -2.05. The predicted octanol–water partition coefficient (Wildman–Crippen LogP) is 2.48. The van der Waals surface area contributed by atoms with Crippen LogP contribution in [0, 0.1) is 19.7 Å². The van der Waals surface area contributed by atoms with E-state index in [0.717, 1.165) is 5.69 Å². The summed E-state index contributed by atoms with van der Waals surface area (Å²) < 4.78 is 13.0. The number of aryl methyl sites for hydroxylation is 2. The Balaban J connectivity index is 3.21. The van der Waals surface area contributed by atoms with Gasteiger partial charge in [-0.15, -0.1) is 0 Å². The Morgan fingerprint density at radius 1 is 1.18 bits per heavy atom. The van der Waals surface area contributed by atoms with Crippen LogP contribution in [0.15, 0.2) is 12.1 Å². The minimum absolute atomic E-state index is 0.107. The highest BCUT2D eigenvalue weighted by Gasteiger charge is 2.01. The molecular formula is C9H12FN. The molecule has 1 N–H and O–H groups in total. The summed E-state index contributed by atoms with van der Waals surface area (Å²) >= 11 is 0. The normalized spacial score (nSPS) is 9.82. The first-order valence-corrected chi connectivity index (χ1v) is 3.59. The van der Waals surface area contributed by atoms with Crippen molar-refractivity contribution in [3.05, 3.63) is 29.1 Å². The van der Waals surface area contributed by atoms with Gasteiger partial charge in [0.15, 0.2) is 0 Å². The van der Waals surface area contributed by atoms with Crippen molar-refractivity contribution < 1.29 is 4.39 Å². The first kappa shape index (κ1) is 8.05. The largest absolute Gasteiger partial charge is 0.388 e. The van der Waals surface area contributed by atoms with Crippen molar-refractivity contribution in [2.75, 3.05) is 12.4 Å². The first-order valence-electron chi connectivity index (χ1n) is 3.59. The van der Waals surface area contributed by atoms with Gasteiger partial charge in [0.25, 0.3) is 0 Å². The highest BCUT2D eigenvalue weighted by atomic mass is 19.1. The molecule has 1 rings (SSSR count). The van der Waals surface area contributed by atoms with E-state index in [9.17, 15) is 4.39 Å². The summed E-state index contributed by atoms with van der Waals surface area (Å²) in [6, 6.07) is 3.59. The molecule has 0 amide bonds. The van der Waals surface area contributed by atoms with E-state index in [0.29, 0.717) is 11.1 Å². The Hall–Kier alpha value is -1.05. The molecule has 0 aliphatic heterocycles. The standard InChI is InChI=1S/C9H12FN/c1-6-4-8(11-3)5-7(2)9(6)10/h4-5,11H,1-3H3. The van der Waals surface area contributed by atoms with Crippen molar-refractivity contribution in [2.24, 2.45) is 0 Å². The van der Waals surface area contributed by atoms with Crippen molar-refractivity contribution in [2.45, 2.75) is 13.8 Å². The molecule has 0 saturated carbocycles. The topological polar surface area (TPSA) is 12.0 Å². The highest BCUT2D eigenvalue weighted by Crippen LogP contribution is 2.17. The van der Waals surface area contributed by atoms with E-state index in [2.05, 4.69) is 5.32 Å². The summed E-state index contributed by atoms with van der Waals surface area (Å²) in [6.07, 6.45) is 0. The first-order chi connectivity index (χ1) is 5.15. The summed E-state index contributed by atoms with van der Waals surface area (Å²) in [7, 11) is 1.83. The molecule has 60 valence electrons. The second kappa shape index (κ2) is 2.91. The lowest BCUT2D eigenvalue weighted by molar-refractivity contribution is 0.609. The Morgan fingerprint density at radius 3 is 2.00 bits per heavy atom. The van der Waals surface area contributed by atoms with Crippen molar-refractivity contribution in [1.82, 2.24) is 0 Å². The van der Waals surface area contributed by atoms with Crippen LogP contribution in [0.4, 0.5) is 10.1 Å². The molecule has 0 spiro atoms. The summed E-state index contributed by atoms with van der Waals surface area (Å²) in [6.45, 7) is 3.53. The van der Waals surface area contributed by atoms with Crippen LogP contribution >= 0.6 is 0 Å². The quantitative estimate of drug-likeness (QED) is 0.653. The summed E-state index contributed by atoms with van der Waals surface area (Å²) in [5.41, 5.74) is 2.34. The van der Waals surface area contributed by atoms with Gasteiger partial charge in [-0.3, -0.25) is 0 Å². The number of benzene rings is 1. The maximum atomic E-state index is 13.0. The van der Waals surface area contributed by atoms with Crippen LogP contribution in [0.1, 0.15) is 11.1 Å². The van der Waals surface area contributed by atoms with Gasteiger partial charge in [0.2, 0.25) is 0 Å². The summed E-state index contributed by atoms with van der Waals surface area (Å²) in [4.78, 5) is 0. The molecule has 1 aromatic rings. The van der Waals surface area contributed by atoms with Gasteiger partial charge in [-0.2, -0.15) is 0 Å². The number of hydrogen-bond donors (Lipinski definition) is 1. The zero-order valence-electron chi connectivity index (χ0n) is 7.03. The molecule has 2 heteroatoms. The van der Waals surface area contributed by atoms with Crippen molar-refractivity contribution >= 4 is 5.69 Å². The monoisotopic (exact) mass is 153 g/mol. The average molecular weight is 153 g/mol. The van der Waals surface area contributed by atoms with Crippen LogP contribution in [0.2, 0.25) is 0 Å². The van der Waals surface area contributed by atoms with E-state index >= 15 is 0 Å². The zero-order chi connectivity index (χ0) is 8.43. The van der Waals surface area contributed by atoms with Gasteiger partial charge < -0.3 is 5.32 Å². The van der Waals surface area contributed by atoms with Crippen molar-refractivity contribution in [3.8, 4) is 0 Å². The maximum absolute atomic E-state index is 13.0. The fraction of sp³-hybridized carbons (Fsp3) is 0.333. The van der Waals surface area contributed by atoms with Crippen molar-refractivity contribution in [1.29, 1.82) is 0 Å². The second-order valence-corrected chi connectivity index (χ2v) is 2.67. The third-order valence-electron chi connectivity index (χ3n) is 1.73. The van der Waals surface area contributed by atoms with Gasteiger partial charge >= 0.3 is 0 Å². The Kier molecular flexibility index (Phi) is 2.13. The molecule has 0 saturated heterocycles. The van der Waals surface area contributed by atoms with Gasteiger partial charge in [-0.25, -0.2) is 4.39 Å². The number of nitrogens with one attached hydrogen (secondary N) is 1. The highest BCUT2D eigenvalue weighted by molar-refractivity contribution is 5.48. The minimum Gasteiger partial charge on any atom is -0.388 e. The molecular weight excluding hydrogens is 141 g/mol. The van der Waals surface area contributed by atoms with Gasteiger partial charge in [-0.1, -0.05) is 0 Å². The number of rotatable bonds is 1. The number of anilines is 1. The SMILES string of the molecule is CNc1cc(C)c(F)c(C)c1. The lowest BCUT2D eigenvalue weighted by atomic mass is 10.1. The van der Waals surface area contributed by atoms with Crippen LogP contribution in [-0.4, -0.2) is 7.05 Å². The van der Waals surface area contributed by atoms with Crippen LogP contribution in [-0.2, 0) is 0 Å². The third-order valence-corrected chi connectivity index (χ3v) is 1.73. The predicted molar refractivity (Wildman–Crippen MR) is 45.4 cm³/mol. The van der Waals surface area contributed by atoms with Crippen LogP contribution in [0.3, 0.4) is 0 Å². The smallest absolute Gasteiger partial charge is 0.129 e. The minimum atomic E-state index is -0.107. The number of hydrogen-bond acceptors (Lipinski definition) is 1. The Bertz CT molecular complexity index is 245. The maximum Gasteiger partial charge on any atom is 0.129 e. The molecule has 11 heavy (non-hydrogen) atoms. The van der Waals surface area contributed by atoms with Crippen molar-refractivity contribution in [3.63, 3.8) is 0 Å². The molecule has 1 nitrogen and oxygen atoms in total. The van der Waals surface area contributed by atoms with Gasteiger partial charge in [0.05, 0.1) is 0 Å². The molecule has 0 heterocycles. The molecule has 0 fully saturated rings. The van der Waals surface area contributed by atoms with E-state index in [1.54, 1.807) is 26.0 Å². The second-order valence-electron chi connectivity index (χ2n) is 2.67. The summed E-state index contributed by atoms with van der Waals surface area (Å²) in [5.74, 6) is -0.107. The zero-order valence-corrected chi connectivity index (χ0v) is 7.03. The lowest BCUT2D eigenvalue weighted by Crippen LogP contribution is -1.93. The van der Waals surface area contributed by atoms with Crippen LogP contribution < -0.4 is 5.32 Å². The summed E-state index contributed by atoms with van der Waals surface area (Å²) in [5, 5.41) is 2.97. The molecule has 0 aliphatic rings. The molecule has 1 aromatic carbocycles. The number of halogens is 1. The molecule has 0 atom stereocenters. The molecule has 0 aromatic heterocycles. The van der Waals surface area contributed by atoms with Gasteiger partial charge in [-0.05, 0) is 37.1 Å². The molecule has 0 aliphatic carbocycles. The average Bonchev–Trinajstić information content (AvgIpc) is 1.99. The fourth-order valence-electron chi connectivity index (χ4n) is 1.09. The molecule has 0 unspecified atom stereocenters. The van der Waals surface area contributed by atoms with Crippen LogP contribution in [0.25, 0.3) is 0 Å². The Labute approximate surface area is 66.2 Å². The third kappa shape index (κ3) is 1.50. The van der Waals surface area contributed by atoms with E-state index in [1.807, 2.05) is 7.05 Å². The van der Waals surface area contributed by atoms with E-state index < -0.39 is 0 Å². The van der Waals surface area contributed by atoms with E-state index in [4.69, 9.17) is 0 Å². The Morgan fingerprint density at radius 2 is 1.64 bits per heavy atom. The van der Waals surface area contributed by atoms with Gasteiger partial charge in [0, 0.05) is 12.7 Å². The molecule has 0 bridgehead atoms. The van der Waals surface area contributed by atoms with Crippen LogP contribution in [0.5, 0.6) is 0 Å². The van der Waals surface area contributed by atoms with E-state index in [1.165, 1.54) is 0 Å². The van der Waals surface area contributed by atoms with E-state index in [-0.39, 0.29) is 5.82 Å².